The van der Waals surface area contributed by atoms with E-state index in [0.29, 0.717) is 32.7 Å². The zero-order valence-corrected chi connectivity index (χ0v) is 13.0. The van der Waals surface area contributed by atoms with E-state index in [2.05, 4.69) is 4.90 Å². The number of hydrogen-bond donors (Lipinski definition) is 0. The molecule has 1 aromatic carbocycles. The number of carbonyl (C=O) groups is 1. The molecule has 1 amide bonds. The molecule has 122 valence electrons. The van der Waals surface area contributed by atoms with E-state index in [-0.39, 0.29) is 16.5 Å². The number of halogens is 3. The van der Waals surface area contributed by atoms with Crippen LogP contribution in [0.15, 0.2) is 34.9 Å². The van der Waals surface area contributed by atoms with Gasteiger partial charge in [-0.1, -0.05) is 11.6 Å². The molecule has 2 heterocycles. The standard InChI is InChI=1S/C16H15ClF2N2O2/c17-13-9-15(19)14(18)8-12(13)16(22)21-5-3-20(4-6-21)10-11-2-1-7-23-11/h1-2,7-9H,3-6,10H2. The molecule has 1 aromatic heterocycles. The molecule has 7 heteroatoms. The summed E-state index contributed by atoms with van der Waals surface area (Å²) in [5.74, 6) is -1.65. The predicted octanol–water partition coefficient (Wildman–Crippen LogP) is 3.17. The van der Waals surface area contributed by atoms with Gasteiger partial charge in [-0.05, 0) is 24.3 Å². The molecule has 0 saturated carbocycles. The molecule has 23 heavy (non-hydrogen) atoms. The number of furan rings is 1. The summed E-state index contributed by atoms with van der Waals surface area (Å²) in [5.41, 5.74) is -0.00921. The van der Waals surface area contributed by atoms with E-state index in [9.17, 15) is 13.6 Å². The molecule has 0 spiro atoms. The van der Waals surface area contributed by atoms with Gasteiger partial charge in [0.2, 0.25) is 0 Å². The van der Waals surface area contributed by atoms with Crippen molar-refractivity contribution < 1.29 is 18.0 Å². The maximum absolute atomic E-state index is 13.3. The van der Waals surface area contributed by atoms with Crippen LogP contribution in [0.5, 0.6) is 0 Å². The van der Waals surface area contributed by atoms with Crippen LogP contribution in [-0.2, 0) is 6.54 Å². The summed E-state index contributed by atoms with van der Waals surface area (Å²) in [6.07, 6.45) is 1.63. The van der Waals surface area contributed by atoms with E-state index in [1.165, 1.54) is 0 Å². The molecule has 0 aliphatic carbocycles. The first-order valence-corrected chi connectivity index (χ1v) is 7.61. The second kappa shape index (κ2) is 6.68. The van der Waals surface area contributed by atoms with Gasteiger partial charge in [-0.25, -0.2) is 8.78 Å². The fraction of sp³-hybridized carbons (Fsp3) is 0.312. The summed E-state index contributed by atoms with van der Waals surface area (Å²) in [6, 6.07) is 5.42. The summed E-state index contributed by atoms with van der Waals surface area (Å²) >= 11 is 5.86. The molecular formula is C16H15ClF2N2O2. The summed E-state index contributed by atoms with van der Waals surface area (Å²) in [4.78, 5) is 16.2. The molecule has 0 atom stereocenters. The summed E-state index contributed by atoms with van der Waals surface area (Å²) in [5, 5.41) is -0.0769. The lowest BCUT2D eigenvalue weighted by Gasteiger charge is -2.34. The number of nitrogens with zero attached hydrogens (tertiary/aromatic N) is 2. The molecule has 0 N–H and O–H groups in total. The first-order valence-electron chi connectivity index (χ1n) is 7.23. The van der Waals surface area contributed by atoms with Crippen LogP contribution in [-0.4, -0.2) is 41.9 Å². The van der Waals surface area contributed by atoms with Gasteiger partial charge in [0.05, 0.1) is 23.4 Å². The Balaban J connectivity index is 1.63. The van der Waals surface area contributed by atoms with Crippen LogP contribution in [0.2, 0.25) is 5.02 Å². The molecule has 0 bridgehead atoms. The van der Waals surface area contributed by atoms with Gasteiger partial charge in [0.1, 0.15) is 5.76 Å². The third kappa shape index (κ3) is 3.54. The zero-order valence-electron chi connectivity index (χ0n) is 12.3. The molecule has 0 unspecified atom stereocenters. The van der Waals surface area contributed by atoms with Crippen LogP contribution in [0.25, 0.3) is 0 Å². The topological polar surface area (TPSA) is 36.7 Å². The molecule has 0 radical (unpaired) electrons. The van der Waals surface area contributed by atoms with Gasteiger partial charge in [-0.3, -0.25) is 9.69 Å². The SMILES string of the molecule is O=C(c1cc(F)c(F)cc1Cl)N1CCN(Cc2ccco2)CC1. The van der Waals surface area contributed by atoms with Crippen molar-refractivity contribution >= 4 is 17.5 Å². The van der Waals surface area contributed by atoms with Crippen LogP contribution in [0.4, 0.5) is 8.78 Å². The van der Waals surface area contributed by atoms with Gasteiger partial charge in [0.25, 0.3) is 5.91 Å². The molecule has 2 aromatic rings. The molecule has 1 saturated heterocycles. The fourth-order valence-corrected chi connectivity index (χ4v) is 2.82. The molecule has 1 aliphatic rings. The highest BCUT2D eigenvalue weighted by molar-refractivity contribution is 6.33. The van der Waals surface area contributed by atoms with Gasteiger partial charge in [-0.15, -0.1) is 0 Å². The second-order valence-corrected chi connectivity index (χ2v) is 5.80. The highest BCUT2D eigenvalue weighted by Gasteiger charge is 2.25. The maximum atomic E-state index is 13.3. The zero-order chi connectivity index (χ0) is 16.4. The smallest absolute Gasteiger partial charge is 0.255 e. The second-order valence-electron chi connectivity index (χ2n) is 5.39. The van der Waals surface area contributed by atoms with Crippen molar-refractivity contribution in [3.63, 3.8) is 0 Å². The van der Waals surface area contributed by atoms with Crippen LogP contribution in [0.3, 0.4) is 0 Å². The van der Waals surface area contributed by atoms with Gasteiger partial charge in [0, 0.05) is 26.2 Å². The number of rotatable bonds is 3. The average molecular weight is 341 g/mol. The molecule has 4 nitrogen and oxygen atoms in total. The maximum Gasteiger partial charge on any atom is 0.255 e. The van der Waals surface area contributed by atoms with Crippen molar-refractivity contribution in [1.82, 2.24) is 9.80 Å². The van der Waals surface area contributed by atoms with Gasteiger partial charge >= 0.3 is 0 Å². The normalized spacial score (nSPS) is 15.9. The highest BCUT2D eigenvalue weighted by Crippen LogP contribution is 2.22. The van der Waals surface area contributed by atoms with Crippen LogP contribution >= 0.6 is 11.6 Å². The van der Waals surface area contributed by atoms with Crippen LogP contribution in [0.1, 0.15) is 16.1 Å². The Hall–Kier alpha value is -1.92. The summed E-state index contributed by atoms with van der Waals surface area (Å²) < 4.78 is 31.7. The Morgan fingerprint density at radius 3 is 2.52 bits per heavy atom. The summed E-state index contributed by atoms with van der Waals surface area (Å²) in [6.45, 7) is 3.02. The minimum atomic E-state index is -1.07. The summed E-state index contributed by atoms with van der Waals surface area (Å²) in [7, 11) is 0. The Bertz CT molecular complexity index is 698. The highest BCUT2D eigenvalue weighted by atomic mass is 35.5. The van der Waals surface area contributed by atoms with Crippen molar-refractivity contribution in [3.05, 3.63) is 58.5 Å². The van der Waals surface area contributed by atoms with E-state index in [1.54, 1.807) is 11.2 Å². The largest absolute Gasteiger partial charge is 0.468 e. The van der Waals surface area contributed by atoms with Crippen LogP contribution < -0.4 is 0 Å². The van der Waals surface area contributed by atoms with E-state index in [4.69, 9.17) is 16.0 Å². The lowest BCUT2D eigenvalue weighted by molar-refractivity contribution is 0.0620. The van der Waals surface area contributed by atoms with E-state index in [0.717, 1.165) is 17.9 Å². The van der Waals surface area contributed by atoms with E-state index >= 15 is 0 Å². The van der Waals surface area contributed by atoms with Gasteiger partial charge in [-0.2, -0.15) is 0 Å². The number of piperazine rings is 1. The molecule has 1 fully saturated rings. The fourth-order valence-electron chi connectivity index (χ4n) is 2.59. The van der Waals surface area contributed by atoms with Crippen molar-refractivity contribution in [2.75, 3.05) is 26.2 Å². The van der Waals surface area contributed by atoms with Crippen molar-refractivity contribution in [2.24, 2.45) is 0 Å². The third-order valence-electron chi connectivity index (χ3n) is 3.86. The predicted molar refractivity (Wildman–Crippen MR) is 81.3 cm³/mol. The Kier molecular flexibility index (Phi) is 4.63. The lowest BCUT2D eigenvalue weighted by Crippen LogP contribution is -2.48. The minimum Gasteiger partial charge on any atom is -0.468 e. The minimum absolute atomic E-state index is 0.00921. The van der Waals surface area contributed by atoms with Gasteiger partial charge < -0.3 is 9.32 Å². The first kappa shape index (κ1) is 16.0. The Labute approximate surface area is 137 Å². The van der Waals surface area contributed by atoms with E-state index < -0.39 is 11.6 Å². The number of amides is 1. The van der Waals surface area contributed by atoms with Crippen LogP contribution in [0, 0.1) is 11.6 Å². The third-order valence-corrected chi connectivity index (χ3v) is 4.17. The Morgan fingerprint density at radius 2 is 1.87 bits per heavy atom. The quantitative estimate of drug-likeness (QED) is 0.805. The molecule has 3 rings (SSSR count). The number of benzene rings is 1. The first-order chi connectivity index (χ1) is 11.0. The number of hydrogen-bond acceptors (Lipinski definition) is 3. The average Bonchev–Trinajstić information content (AvgIpc) is 3.04. The van der Waals surface area contributed by atoms with Crippen molar-refractivity contribution in [1.29, 1.82) is 0 Å². The monoisotopic (exact) mass is 340 g/mol. The van der Waals surface area contributed by atoms with Crippen molar-refractivity contribution in [3.8, 4) is 0 Å². The molecule has 1 aliphatic heterocycles. The Morgan fingerprint density at radius 1 is 1.17 bits per heavy atom. The van der Waals surface area contributed by atoms with E-state index in [1.807, 2.05) is 12.1 Å². The number of carbonyl (C=O) groups excluding carboxylic acids is 1. The molecular weight excluding hydrogens is 326 g/mol. The van der Waals surface area contributed by atoms with Crippen molar-refractivity contribution in [2.45, 2.75) is 6.54 Å². The van der Waals surface area contributed by atoms with Gasteiger partial charge in [0.15, 0.2) is 11.6 Å². The lowest BCUT2D eigenvalue weighted by atomic mass is 10.1.